The number of esters is 1. The summed E-state index contributed by atoms with van der Waals surface area (Å²) in [5.74, 6) is -0.676. The maximum atomic E-state index is 11.3. The number of carbonyl (C=O) groups excluding carboxylic acids is 1. The van der Waals surface area contributed by atoms with Crippen LogP contribution < -0.4 is 4.90 Å². The molecule has 1 atom stereocenters. The van der Waals surface area contributed by atoms with Gasteiger partial charge < -0.3 is 14.2 Å². The minimum absolute atomic E-state index is 0.145. The lowest BCUT2D eigenvalue weighted by atomic mass is 10.2. The molecule has 5 nitrogen and oxygen atoms in total. The van der Waals surface area contributed by atoms with Gasteiger partial charge in [0.25, 0.3) is 0 Å². The Morgan fingerprint density at radius 3 is 2.71 bits per heavy atom. The maximum Gasteiger partial charge on any atom is 0.339 e. The van der Waals surface area contributed by atoms with Gasteiger partial charge in [0.1, 0.15) is 0 Å². The van der Waals surface area contributed by atoms with E-state index in [1.54, 1.807) is 13.1 Å². The highest BCUT2D eigenvalue weighted by atomic mass is 35.5. The fourth-order valence-corrected chi connectivity index (χ4v) is 1.97. The number of anilines is 1. The summed E-state index contributed by atoms with van der Waals surface area (Å²) in [6, 6.07) is 4.61. The smallest absolute Gasteiger partial charge is 0.339 e. The van der Waals surface area contributed by atoms with Crippen molar-refractivity contribution in [1.82, 2.24) is 0 Å². The van der Waals surface area contributed by atoms with Crippen LogP contribution in [-0.2, 0) is 15.8 Å². The van der Waals surface area contributed by atoms with Crippen molar-refractivity contribution in [3.05, 3.63) is 28.8 Å². The molecule has 1 unspecified atom stereocenters. The van der Waals surface area contributed by atoms with E-state index in [1.807, 2.05) is 0 Å². The van der Waals surface area contributed by atoms with Crippen LogP contribution in [0.1, 0.15) is 10.4 Å². The van der Waals surface area contributed by atoms with Gasteiger partial charge in [-0.25, -0.2) is 4.79 Å². The predicted molar refractivity (Wildman–Crippen MR) is 65.0 cm³/mol. The summed E-state index contributed by atoms with van der Waals surface area (Å²) >= 11 is 3.72. The van der Waals surface area contributed by atoms with E-state index in [0.717, 1.165) is 0 Å². The molecule has 1 aromatic carbocycles. The number of hydrogen-bond donors (Lipinski definition) is 0. The second kappa shape index (κ2) is 6.00. The number of carbonyl (C=O) groups is 1. The molecule has 0 aliphatic rings. The number of hydrogen-bond acceptors (Lipinski definition) is 5. The van der Waals surface area contributed by atoms with Gasteiger partial charge in [0, 0.05) is 12.7 Å². The molecule has 0 bridgehead atoms. The van der Waals surface area contributed by atoms with Crippen molar-refractivity contribution in [2.75, 3.05) is 24.9 Å². The fraction of sp³-hybridized carbons (Fsp3) is 0.300. The topological polar surface area (TPSA) is 69.7 Å². The Balaban J connectivity index is 2.96. The third-order valence-electron chi connectivity index (χ3n) is 2.10. The molecule has 0 aromatic heterocycles. The molecule has 17 heavy (non-hydrogen) atoms. The standard InChI is InChI=1S/C10H12ClNO4S/c1-12(6-17(14)15)7-3-4-8(9(11)5-7)10(13)16-2/h3-5H,6H2,1-2H3,(H,14,15)/p-1. The van der Waals surface area contributed by atoms with E-state index in [4.69, 9.17) is 11.6 Å². The van der Waals surface area contributed by atoms with Gasteiger partial charge in [-0.2, -0.15) is 0 Å². The van der Waals surface area contributed by atoms with E-state index in [2.05, 4.69) is 4.74 Å². The van der Waals surface area contributed by atoms with E-state index < -0.39 is 17.0 Å². The van der Waals surface area contributed by atoms with Crippen LogP contribution in [0.25, 0.3) is 0 Å². The minimum atomic E-state index is -2.18. The molecule has 0 fully saturated rings. The number of nitrogens with zero attached hydrogens (tertiary/aromatic N) is 1. The molecule has 7 heteroatoms. The summed E-state index contributed by atoms with van der Waals surface area (Å²) in [5.41, 5.74) is 0.849. The fourth-order valence-electron chi connectivity index (χ4n) is 1.25. The van der Waals surface area contributed by atoms with Gasteiger partial charge in [-0.15, -0.1) is 0 Å². The van der Waals surface area contributed by atoms with Gasteiger partial charge >= 0.3 is 5.97 Å². The van der Waals surface area contributed by atoms with Crippen molar-refractivity contribution < 1.29 is 18.3 Å². The van der Waals surface area contributed by atoms with Crippen LogP contribution in [0.3, 0.4) is 0 Å². The lowest BCUT2D eigenvalue weighted by molar-refractivity contribution is 0.0601. The molecule has 0 aliphatic heterocycles. The van der Waals surface area contributed by atoms with Gasteiger partial charge in [-0.05, 0) is 29.3 Å². The summed E-state index contributed by atoms with van der Waals surface area (Å²) in [7, 11) is 2.87. The first-order valence-corrected chi connectivity index (χ1v) is 6.22. The van der Waals surface area contributed by atoms with Gasteiger partial charge in [0.15, 0.2) is 0 Å². The summed E-state index contributed by atoms with van der Waals surface area (Å²) in [6.07, 6.45) is 0. The molecule has 94 valence electrons. The second-order valence-electron chi connectivity index (χ2n) is 3.29. The Kier molecular flexibility index (Phi) is 4.92. The summed E-state index contributed by atoms with van der Waals surface area (Å²) in [4.78, 5) is 12.8. The highest BCUT2D eigenvalue weighted by Gasteiger charge is 2.12. The number of benzene rings is 1. The molecule has 0 N–H and O–H groups in total. The van der Waals surface area contributed by atoms with E-state index in [1.165, 1.54) is 24.1 Å². The van der Waals surface area contributed by atoms with Crippen molar-refractivity contribution >= 4 is 34.3 Å². The van der Waals surface area contributed by atoms with Crippen LogP contribution in [0.5, 0.6) is 0 Å². The molecule has 1 aromatic rings. The zero-order chi connectivity index (χ0) is 13.0. The Morgan fingerprint density at radius 1 is 1.59 bits per heavy atom. The first-order valence-electron chi connectivity index (χ1n) is 4.60. The van der Waals surface area contributed by atoms with E-state index in [9.17, 15) is 13.6 Å². The SMILES string of the molecule is COC(=O)c1ccc(N(C)CS(=O)[O-])cc1Cl. The Bertz CT molecular complexity index is 452. The van der Waals surface area contributed by atoms with Gasteiger partial charge in [0.2, 0.25) is 0 Å². The molecular formula is C10H11ClNO4S-. The zero-order valence-electron chi connectivity index (χ0n) is 9.31. The van der Waals surface area contributed by atoms with Crippen molar-refractivity contribution in [2.24, 2.45) is 0 Å². The van der Waals surface area contributed by atoms with Gasteiger partial charge in [-0.3, -0.25) is 4.21 Å². The quantitative estimate of drug-likeness (QED) is 0.614. The van der Waals surface area contributed by atoms with E-state index in [0.29, 0.717) is 5.69 Å². The van der Waals surface area contributed by atoms with E-state index in [-0.39, 0.29) is 16.5 Å². The lowest BCUT2D eigenvalue weighted by Crippen LogP contribution is -2.22. The number of methoxy groups -OCH3 is 1. The third kappa shape index (κ3) is 3.69. The van der Waals surface area contributed by atoms with Crippen molar-refractivity contribution in [1.29, 1.82) is 0 Å². The number of halogens is 1. The third-order valence-corrected chi connectivity index (χ3v) is 3.01. The summed E-state index contributed by atoms with van der Waals surface area (Å²) in [5, 5.41) is 0.220. The van der Waals surface area contributed by atoms with Crippen LogP contribution in [0.15, 0.2) is 18.2 Å². The van der Waals surface area contributed by atoms with Gasteiger partial charge in [0.05, 0.1) is 23.6 Å². The molecule has 0 aliphatic carbocycles. The molecule has 0 spiro atoms. The largest absolute Gasteiger partial charge is 0.771 e. The molecule has 0 radical (unpaired) electrons. The van der Waals surface area contributed by atoms with Crippen molar-refractivity contribution in [2.45, 2.75) is 0 Å². The average molecular weight is 277 g/mol. The van der Waals surface area contributed by atoms with Crippen molar-refractivity contribution in [3.8, 4) is 0 Å². The lowest BCUT2D eigenvalue weighted by Gasteiger charge is -2.21. The highest BCUT2D eigenvalue weighted by molar-refractivity contribution is 7.79. The molecule has 0 heterocycles. The average Bonchev–Trinajstić information content (AvgIpc) is 2.27. The monoisotopic (exact) mass is 276 g/mol. The predicted octanol–water partition coefficient (Wildman–Crippen LogP) is 1.40. The van der Waals surface area contributed by atoms with E-state index >= 15 is 0 Å². The Labute approximate surface area is 107 Å². The Hall–Kier alpha value is -1.11. The summed E-state index contributed by atoms with van der Waals surface area (Å²) < 4.78 is 25.6. The van der Waals surface area contributed by atoms with Crippen molar-refractivity contribution in [3.63, 3.8) is 0 Å². The van der Waals surface area contributed by atoms with Crippen LogP contribution in [0.2, 0.25) is 5.02 Å². The molecule has 0 amide bonds. The minimum Gasteiger partial charge on any atom is -0.771 e. The second-order valence-corrected chi connectivity index (χ2v) is 4.56. The van der Waals surface area contributed by atoms with Crippen LogP contribution >= 0.6 is 11.6 Å². The molecule has 1 rings (SSSR count). The van der Waals surface area contributed by atoms with Crippen LogP contribution in [0, 0.1) is 0 Å². The molecule has 0 saturated heterocycles. The zero-order valence-corrected chi connectivity index (χ0v) is 10.9. The first-order chi connectivity index (χ1) is 7.95. The van der Waals surface area contributed by atoms with Crippen LogP contribution in [-0.4, -0.2) is 34.8 Å². The summed E-state index contributed by atoms with van der Waals surface area (Å²) in [6.45, 7) is 0. The van der Waals surface area contributed by atoms with Crippen LogP contribution in [0.4, 0.5) is 5.69 Å². The highest BCUT2D eigenvalue weighted by Crippen LogP contribution is 2.23. The number of ether oxygens (including phenoxy) is 1. The molecular weight excluding hydrogens is 266 g/mol. The molecule has 0 saturated carbocycles. The maximum absolute atomic E-state index is 11.3. The Morgan fingerprint density at radius 2 is 2.24 bits per heavy atom. The number of rotatable bonds is 4. The van der Waals surface area contributed by atoms with Gasteiger partial charge in [-0.1, -0.05) is 11.6 Å². The normalized spacial score (nSPS) is 12.0. The first kappa shape index (κ1) is 14.0.